The first-order valence-corrected chi connectivity index (χ1v) is 9.87. The zero-order chi connectivity index (χ0) is 21.1. The molecule has 0 fully saturated rings. The molecule has 0 aliphatic rings. The van der Waals surface area contributed by atoms with E-state index in [1.807, 2.05) is 61.5 Å². The second-order valence-electron chi connectivity index (χ2n) is 6.69. The van der Waals surface area contributed by atoms with Crippen LogP contribution < -0.4 is 10.1 Å². The molecule has 0 atom stereocenters. The molecule has 0 aliphatic carbocycles. The summed E-state index contributed by atoms with van der Waals surface area (Å²) in [4.78, 5) is 29.0. The van der Waals surface area contributed by atoms with Crippen LogP contribution in [0, 0.1) is 0 Å². The van der Waals surface area contributed by atoms with Gasteiger partial charge in [-0.1, -0.05) is 48.5 Å². The maximum absolute atomic E-state index is 13.4. The lowest BCUT2D eigenvalue weighted by atomic mass is 10.0. The molecule has 1 aromatic heterocycles. The standard InChI is InChI=1S/C24H22N2O4/c1-3-29-19-14-13-15-9-5-6-10-16(15)20(19)23(27)26-21-17-11-7-8-12-18(17)25-22(21)24(28)30-4-2/h5-14,25H,3-4H2,1-2H3,(H,26,27). The van der Waals surface area contributed by atoms with Crippen molar-refractivity contribution in [2.75, 3.05) is 18.5 Å². The first-order valence-electron chi connectivity index (χ1n) is 9.87. The Kier molecular flexibility index (Phi) is 5.39. The van der Waals surface area contributed by atoms with E-state index in [0.717, 1.165) is 21.7 Å². The lowest BCUT2D eigenvalue weighted by Crippen LogP contribution is -2.17. The van der Waals surface area contributed by atoms with Crippen LogP contribution in [0.2, 0.25) is 0 Å². The fourth-order valence-electron chi connectivity index (χ4n) is 3.57. The highest BCUT2D eigenvalue weighted by Crippen LogP contribution is 2.32. The number of ether oxygens (including phenoxy) is 2. The van der Waals surface area contributed by atoms with E-state index in [0.29, 0.717) is 23.6 Å². The minimum atomic E-state index is -0.521. The third-order valence-corrected chi connectivity index (χ3v) is 4.84. The Morgan fingerprint density at radius 3 is 2.40 bits per heavy atom. The molecule has 30 heavy (non-hydrogen) atoms. The van der Waals surface area contributed by atoms with Crippen LogP contribution in [0.4, 0.5) is 5.69 Å². The number of hydrogen-bond donors (Lipinski definition) is 2. The number of aromatic amines is 1. The van der Waals surface area contributed by atoms with Crippen LogP contribution >= 0.6 is 0 Å². The van der Waals surface area contributed by atoms with Crippen molar-refractivity contribution in [2.24, 2.45) is 0 Å². The zero-order valence-corrected chi connectivity index (χ0v) is 16.8. The van der Waals surface area contributed by atoms with Crippen LogP contribution in [-0.2, 0) is 4.74 Å². The van der Waals surface area contributed by atoms with E-state index in [1.165, 1.54) is 0 Å². The molecule has 4 rings (SSSR count). The summed E-state index contributed by atoms with van der Waals surface area (Å²) in [5.41, 5.74) is 1.77. The number of para-hydroxylation sites is 1. The quantitative estimate of drug-likeness (QED) is 0.437. The number of carbonyl (C=O) groups excluding carboxylic acids is 2. The maximum Gasteiger partial charge on any atom is 0.356 e. The average molecular weight is 402 g/mol. The number of rotatable bonds is 6. The summed E-state index contributed by atoms with van der Waals surface area (Å²) in [6, 6.07) is 18.7. The van der Waals surface area contributed by atoms with Gasteiger partial charge in [0, 0.05) is 10.9 Å². The SMILES string of the molecule is CCOC(=O)c1[nH]c2ccccc2c1NC(=O)c1c(OCC)ccc2ccccc12. The number of carbonyl (C=O) groups is 2. The van der Waals surface area contributed by atoms with Crippen molar-refractivity contribution in [2.45, 2.75) is 13.8 Å². The van der Waals surface area contributed by atoms with Gasteiger partial charge in [0.05, 0.1) is 24.5 Å². The Bertz CT molecular complexity index is 1240. The minimum absolute atomic E-state index is 0.213. The number of esters is 1. The van der Waals surface area contributed by atoms with E-state index < -0.39 is 5.97 Å². The molecular weight excluding hydrogens is 380 g/mol. The third kappa shape index (κ3) is 3.48. The highest BCUT2D eigenvalue weighted by atomic mass is 16.5. The predicted octanol–water partition coefficient (Wildman–Crippen LogP) is 5.15. The lowest BCUT2D eigenvalue weighted by Gasteiger charge is -2.14. The molecule has 6 nitrogen and oxygen atoms in total. The lowest BCUT2D eigenvalue weighted by molar-refractivity contribution is 0.0522. The van der Waals surface area contributed by atoms with Crippen molar-refractivity contribution in [3.05, 3.63) is 71.9 Å². The summed E-state index contributed by atoms with van der Waals surface area (Å²) in [6.07, 6.45) is 0. The predicted molar refractivity (Wildman–Crippen MR) is 117 cm³/mol. The molecule has 1 amide bonds. The van der Waals surface area contributed by atoms with Gasteiger partial charge in [0.15, 0.2) is 0 Å². The minimum Gasteiger partial charge on any atom is -0.493 e. The molecule has 152 valence electrons. The van der Waals surface area contributed by atoms with Crippen LogP contribution in [0.1, 0.15) is 34.7 Å². The van der Waals surface area contributed by atoms with Crippen LogP contribution in [0.3, 0.4) is 0 Å². The van der Waals surface area contributed by atoms with Gasteiger partial charge in [-0.3, -0.25) is 4.79 Å². The molecule has 1 heterocycles. The molecule has 3 aromatic carbocycles. The Morgan fingerprint density at radius 1 is 0.900 bits per heavy atom. The van der Waals surface area contributed by atoms with E-state index >= 15 is 0 Å². The molecule has 0 spiro atoms. The number of H-pyrrole nitrogens is 1. The molecule has 0 aliphatic heterocycles. The van der Waals surface area contributed by atoms with Crippen molar-refractivity contribution in [3.63, 3.8) is 0 Å². The van der Waals surface area contributed by atoms with Crippen molar-refractivity contribution >= 4 is 39.2 Å². The second-order valence-corrected chi connectivity index (χ2v) is 6.69. The Balaban J connectivity index is 1.83. The fourth-order valence-corrected chi connectivity index (χ4v) is 3.57. The summed E-state index contributed by atoms with van der Waals surface area (Å²) in [5.74, 6) is -0.385. The number of aromatic nitrogens is 1. The second kappa shape index (κ2) is 8.29. The first kappa shape index (κ1) is 19.5. The number of anilines is 1. The average Bonchev–Trinajstić information content (AvgIpc) is 3.12. The summed E-state index contributed by atoms with van der Waals surface area (Å²) in [7, 11) is 0. The Morgan fingerprint density at radius 2 is 1.63 bits per heavy atom. The molecular formula is C24H22N2O4. The van der Waals surface area contributed by atoms with Gasteiger partial charge in [0.25, 0.3) is 5.91 Å². The van der Waals surface area contributed by atoms with Crippen LogP contribution in [-0.4, -0.2) is 30.1 Å². The molecule has 4 aromatic rings. The molecule has 2 N–H and O–H groups in total. The van der Waals surface area contributed by atoms with Gasteiger partial charge in [-0.05, 0) is 36.8 Å². The number of amides is 1. The number of benzene rings is 3. The van der Waals surface area contributed by atoms with Gasteiger partial charge in [-0.25, -0.2) is 4.79 Å². The zero-order valence-electron chi connectivity index (χ0n) is 16.8. The van der Waals surface area contributed by atoms with Gasteiger partial charge in [-0.2, -0.15) is 0 Å². The topological polar surface area (TPSA) is 80.4 Å². The number of hydrogen-bond acceptors (Lipinski definition) is 4. The van der Waals surface area contributed by atoms with E-state index in [4.69, 9.17) is 9.47 Å². The summed E-state index contributed by atoms with van der Waals surface area (Å²) in [6.45, 7) is 4.28. The smallest absolute Gasteiger partial charge is 0.356 e. The molecule has 0 unspecified atom stereocenters. The van der Waals surface area contributed by atoms with E-state index in [-0.39, 0.29) is 18.2 Å². The first-order chi connectivity index (χ1) is 14.6. The molecule has 0 radical (unpaired) electrons. The van der Waals surface area contributed by atoms with Crippen LogP contribution in [0.15, 0.2) is 60.7 Å². The maximum atomic E-state index is 13.4. The Hall–Kier alpha value is -3.80. The van der Waals surface area contributed by atoms with Crippen molar-refractivity contribution in [1.29, 1.82) is 0 Å². The van der Waals surface area contributed by atoms with E-state index in [2.05, 4.69) is 10.3 Å². The third-order valence-electron chi connectivity index (χ3n) is 4.84. The van der Waals surface area contributed by atoms with Crippen molar-refractivity contribution in [1.82, 2.24) is 4.98 Å². The molecule has 6 heteroatoms. The molecule has 0 saturated heterocycles. The van der Waals surface area contributed by atoms with E-state index in [1.54, 1.807) is 13.0 Å². The Labute approximate surface area is 173 Å². The molecule has 0 saturated carbocycles. The van der Waals surface area contributed by atoms with Gasteiger partial charge in [-0.15, -0.1) is 0 Å². The van der Waals surface area contributed by atoms with Crippen LogP contribution in [0.5, 0.6) is 5.75 Å². The molecule has 0 bridgehead atoms. The summed E-state index contributed by atoms with van der Waals surface area (Å²) < 4.78 is 10.9. The van der Waals surface area contributed by atoms with Crippen molar-refractivity contribution < 1.29 is 19.1 Å². The van der Waals surface area contributed by atoms with Crippen LogP contribution in [0.25, 0.3) is 21.7 Å². The fraction of sp³-hybridized carbons (Fsp3) is 0.167. The van der Waals surface area contributed by atoms with Crippen molar-refractivity contribution in [3.8, 4) is 5.75 Å². The van der Waals surface area contributed by atoms with Gasteiger partial charge >= 0.3 is 5.97 Å². The van der Waals surface area contributed by atoms with Gasteiger partial charge < -0.3 is 19.8 Å². The van der Waals surface area contributed by atoms with E-state index in [9.17, 15) is 9.59 Å². The summed E-state index contributed by atoms with van der Waals surface area (Å²) >= 11 is 0. The largest absolute Gasteiger partial charge is 0.493 e. The normalized spacial score (nSPS) is 10.9. The number of nitrogens with one attached hydrogen (secondary N) is 2. The monoisotopic (exact) mass is 402 g/mol. The summed E-state index contributed by atoms with van der Waals surface area (Å²) in [5, 5.41) is 5.36. The van der Waals surface area contributed by atoms with Gasteiger partial charge in [0.2, 0.25) is 0 Å². The number of fused-ring (bicyclic) bond motifs is 2. The van der Waals surface area contributed by atoms with Gasteiger partial charge in [0.1, 0.15) is 11.4 Å². The highest BCUT2D eigenvalue weighted by molar-refractivity contribution is 6.19. The highest BCUT2D eigenvalue weighted by Gasteiger charge is 2.23.